The number of hydrogen-bond donors (Lipinski definition) is 2. The van der Waals surface area contributed by atoms with E-state index < -0.39 is 23.8 Å². The number of aliphatic hydroxyl groups is 1. The molecule has 2 aromatic rings. The molecular formula is C15H13F3N2O2. The van der Waals surface area contributed by atoms with Crippen molar-refractivity contribution in [2.45, 2.75) is 12.3 Å². The number of amides is 1. The number of pyridine rings is 1. The molecule has 0 fully saturated rings. The second-order valence-electron chi connectivity index (χ2n) is 4.53. The molecule has 0 spiro atoms. The number of hydrogen-bond acceptors (Lipinski definition) is 3. The molecule has 2 N–H and O–H groups in total. The van der Waals surface area contributed by atoms with E-state index in [0.717, 1.165) is 6.07 Å². The number of carbonyl (C=O) groups is 1. The van der Waals surface area contributed by atoms with E-state index in [9.17, 15) is 23.1 Å². The third-order valence-corrected chi connectivity index (χ3v) is 2.98. The molecule has 1 aromatic heterocycles. The van der Waals surface area contributed by atoms with Crippen molar-refractivity contribution >= 4 is 5.91 Å². The number of aliphatic hydroxyl groups excluding tert-OH is 1. The lowest BCUT2D eigenvalue weighted by Gasteiger charge is -2.17. The van der Waals surface area contributed by atoms with Crippen LogP contribution in [0.3, 0.4) is 0 Å². The summed E-state index contributed by atoms with van der Waals surface area (Å²) in [5.74, 6) is -0.566. The predicted molar refractivity (Wildman–Crippen MR) is 73.0 cm³/mol. The molecule has 0 unspecified atom stereocenters. The molecule has 1 heterocycles. The summed E-state index contributed by atoms with van der Waals surface area (Å²) in [5, 5.41) is 12.3. The number of halogens is 3. The van der Waals surface area contributed by atoms with Gasteiger partial charge in [-0.05, 0) is 23.8 Å². The van der Waals surface area contributed by atoms with E-state index in [2.05, 4.69) is 10.3 Å². The Kier molecular flexibility index (Phi) is 4.77. The SMILES string of the molecule is O=C(NC[C@@H](O)c1ccccc1C(F)(F)F)c1ccccn1. The van der Waals surface area contributed by atoms with Crippen LogP contribution in [-0.4, -0.2) is 22.5 Å². The highest BCUT2D eigenvalue weighted by molar-refractivity contribution is 5.92. The molecule has 4 nitrogen and oxygen atoms in total. The summed E-state index contributed by atoms with van der Waals surface area (Å²) in [5.41, 5.74) is -1.08. The summed E-state index contributed by atoms with van der Waals surface area (Å²) >= 11 is 0. The third kappa shape index (κ3) is 3.82. The Labute approximate surface area is 124 Å². The van der Waals surface area contributed by atoms with E-state index in [4.69, 9.17) is 0 Å². The Morgan fingerprint density at radius 3 is 2.50 bits per heavy atom. The first kappa shape index (κ1) is 16.0. The maximum Gasteiger partial charge on any atom is 0.416 e. The van der Waals surface area contributed by atoms with Crippen LogP contribution in [0.4, 0.5) is 13.2 Å². The second-order valence-corrected chi connectivity index (χ2v) is 4.53. The summed E-state index contributed by atoms with van der Waals surface area (Å²) in [6.07, 6.45) is -4.61. The van der Waals surface area contributed by atoms with Crippen molar-refractivity contribution in [1.29, 1.82) is 0 Å². The topological polar surface area (TPSA) is 62.2 Å². The molecule has 116 valence electrons. The molecule has 0 saturated carbocycles. The second kappa shape index (κ2) is 6.57. The number of nitrogens with one attached hydrogen (secondary N) is 1. The van der Waals surface area contributed by atoms with E-state index in [1.165, 1.54) is 30.5 Å². The first-order chi connectivity index (χ1) is 10.4. The highest BCUT2D eigenvalue weighted by atomic mass is 19.4. The van der Waals surface area contributed by atoms with Gasteiger partial charge in [-0.15, -0.1) is 0 Å². The third-order valence-electron chi connectivity index (χ3n) is 2.98. The molecule has 0 saturated heterocycles. The van der Waals surface area contributed by atoms with Crippen LogP contribution in [0.2, 0.25) is 0 Å². The number of rotatable bonds is 4. The van der Waals surface area contributed by atoms with Crippen molar-refractivity contribution < 1.29 is 23.1 Å². The van der Waals surface area contributed by atoms with Gasteiger partial charge in [0.1, 0.15) is 5.69 Å². The average molecular weight is 310 g/mol. The number of alkyl halides is 3. The lowest BCUT2D eigenvalue weighted by Crippen LogP contribution is -2.29. The van der Waals surface area contributed by atoms with E-state index in [-0.39, 0.29) is 17.8 Å². The highest BCUT2D eigenvalue weighted by Gasteiger charge is 2.34. The van der Waals surface area contributed by atoms with Crippen molar-refractivity contribution in [3.63, 3.8) is 0 Å². The van der Waals surface area contributed by atoms with Gasteiger partial charge in [0.2, 0.25) is 0 Å². The molecule has 1 aromatic carbocycles. The predicted octanol–water partition coefficient (Wildman–Crippen LogP) is 2.56. The zero-order valence-electron chi connectivity index (χ0n) is 11.3. The summed E-state index contributed by atoms with van der Waals surface area (Å²) in [7, 11) is 0. The van der Waals surface area contributed by atoms with Gasteiger partial charge in [0.25, 0.3) is 5.91 Å². The van der Waals surface area contributed by atoms with Gasteiger partial charge in [-0.2, -0.15) is 13.2 Å². The van der Waals surface area contributed by atoms with Crippen LogP contribution < -0.4 is 5.32 Å². The van der Waals surface area contributed by atoms with Crippen molar-refractivity contribution in [3.8, 4) is 0 Å². The van der Waals surface area contributed by atoms with Crippen LogP contribution >= 0.6 is 0 Å². The van der Waals surface area contributed by atoms with E-state index in [1.807, 2.05) is 0 Å². The van der Waals surface area contributed by atoms with Crippen molar-refractivity contribution in [3.05, 3.63) is 65.5 Å². The fraction of sp³-hybridized carbons (Fsp3) is 0.200. The summed E-state index contributed by atoms with van der Waals surface area (Å²) in [4.78, 5) is 15.6. The first-order valence-corrected chi connectivity index (χ1v) is 6.43. The van der Waals surface area contributed by atoms with Crippen LogP contribution in [0, 0.1) is 0 Å². The van der Waals surface area contributed by atoms with Gasteiger partial charge in [-0.1, -0.05) is 24.3 Å². The Bertz CT molecular complexity index is 645. The maximum absolute atomic E-state index is 12.9. The van der Waals surface area contributed by atoms with E-state index in [1.54, 1.807) is 12.1 Å². The summed E-state index contributed by atoms with van der Waals surface area (Å²) in [6, 6.07) is 9.41. The first-order valence-electron chi connectivity index (χ1n) is 6.43. The maximum atomic E-state index is 12.9. The minimum Gasteiger partial charge on any atom is -0.387 e. The molecule has 0 aliphatic carbocycles. The molecule has 0 radical (unpaired) electrons. The summed E-state index contributed by atoms with van der Waals surface area (Å²) in [6.45, 7) is -0.345. The summed E-state index contributed by atoms with van der Waals surface area (Å²) < 4.78 is 38.6. The van der Waals surface area contributed by atoms with Crippen LogP contribution in [0.15, 0.2) is 48.7 Å². The molecule has 1 atom stereocenters. The molecule has 2 rings (SSSR count). The Balaban J connectivity index is 2.07. The minimum atomic E-state index is -4.57. The van der Waals surface area contributed by atoms with Crippen molar-refractivity contribution in [2.24, 2.45) is 0 Å². The molecule has 7 heteroatoms. The molecule has 0 aliphatic heterocycles. The van der Waals surface area contributed by atoms with Crippen molar-refractivity contribution in [2.75, 3.05) is 6.54 Å². The number of aromatic nitrogens is 1. The van der Waals surface area contributed by atoms with Gasteiger partial charge < -0.3 is 10.4 Å². The quantitative estimate of drug-likeness (QED) is 0.912. The lowest BCUT2D eigenvalue weighted by molar-refractivity contribution is -0.139. The Morgan fingerprint density at radius 2 is 1.86 bits per heavy atom. The highest BCUT2D eigenvalue weighted by Crippen LogP contribution is 2.34. The van der Waals surface area contributed by atoms with Gasteiger partial charge in [-0.25, -0.2) is 0 Å². The van der Waals surface area contributed by atoms with Crippen LogP contribution in [0.25, 0.3) is 0 Å². The zero-order valence-corrected chi connectivity index (χ0v) is 11.3. The van der Waals surface area contributed by atoms with Gasteiger partial charge >= 0.3 is 6.18 Å². The largest absolute Gasteiger partial charge is 0.416 e. The monoisotopic (exact) mass is 310 g/mol. The van der Waals surface area contributed by atoms with E-state index in [0.29, 0.717) is 0 Å². The van der Waals surface area contributed by atoms with E-state index >= 15 is 0 Å². The normalized spacial score (nSPS) is 12.7. The molecule has 1 amide bonds. The fourth-order valence-electron chi connectivity index (χ4n) is 1.93. The number of benzene rings is 1. The Morgan fingerprint density at radius 1 is 1.18 bits per heavy atom. The van der Waals surface area contributed by atoms with Gasteiger partial charge in [0.05, 0.1) is 11.7 Å². The average Bonchev–Trinajstić information content (AvgIpc) is 2.52. The molecular weight excluding hydrogens is 297 g/mol. The van der Waals surface area contributed by atoms with Gasteiger partial charge in [0, 0.05) is 12.7 Å². The lowest BCUT2D eigenvalue weighted by atomic mass is 10.0. The van der Waals surface area contributed by atoms with Crippen molar-refractivity contribution in [1.82, 2.24) is 10.3 Å². The van der Waals surface area contributed by atoms with Crippen LogP contribution in [0.5, 0.6) is 0 Å². The fourth-order valence-corrected chi connectivity index (χ4v) is 1.93. The smallest absolute Gasteiger partial charge is 0.387 e. The van der Waals surface area contributed by atoms with Gasteiger partial charge in [0.15, 0.2) is 0 Å². The molecule has 0 bridgehead atoms. The number of nitrogens with zero attached hydrogens (tertiary/aromatic N) is 1. The van der Waals surface area contributed by atoms with Crippen LogP contribution in [0.1, 0.15) is 27.7 Å². The molecule has 22 heavy (non-hydrogen) atoms. The van der Waals surface area contributed by atoms with Crippen LogP contribution in [-0.2, 0) is 6.18 Å². The molecule has 0 aliphatic rings. The standard InChI is InChI=1S/C15H13F3N2O2/c16-15(17,18)11-6-2-1-5-10(11)13(21)9-20-14(22)12-7-3-4-8-19-12/h1-8,13,21H,9H2,(H,20,22)/t13-/m1/s1. The zero-order chi connectivity index (χ0) is 16.2. The Hall–Kier alpha value is -2.41. The number of carbonyl (C=O) groups excluding carboxylic acids is 1. The minimum absolute atomic E-state index is 0.124. The van der Waals surface area contributed by atoms with Gasteiger partial charge in [-0.3, -0.25) is 9.78 Å².